The summed E-state index contributed by atoms with van der Waals surface area (Å²) in [6, 6.07) is 0. The number of aryl methyl sites for hydroxylation is 1. The first-order chi connectivity index (χ1) is 13.1. The summed E-state index contributed by atoms with van der Waals surface area (Å²) < 4.78 is 17.2. The van der Waals surface area contributed by atoms with E-state index in [0.29, 0.717) is 18.4 Å². The Kier molecular flexibility index (Phi) is 5.43. The molecule has 0 aromatic carbocycles. The number of carbonyl (C=O) groups excluding carboxylic acids is 3. The van der Waals surface area contributed by atoms with Gasteiger partial charge in [-0.1, -0.05) is 27.7 Å². The standard InChI is InChI=1S/C22H30O6/c1-7-11(2)21(25)28-20-16-12(3)10-26-19(16)18(24)17-15(27-14(5)23)9-8-13(4)22(17,20)6/h10-11,13,15,17,20H,7-9H2,1-6H3/t11?,13-,15-,17-,20+,22+/m0/s1. The highest BCUT2D eigenvalue weighted by Crippen LogP contribution is 2.60. The molecule has 1 fully saturated rings. The molecule has 0 spiro atoms. The van der Waals surface area contributed by atoms with E-state index in [1.165, 1.54) is 6.92 Å². The number of rotatable bonds is 4. The molecular weight excluding hydrogens is 360 g/mol. The summed E-state index contributed by atoms with van der Waals surface area (Å²) in [6.45, 7) is 11.1. The highest BCUT2D eigenvalue weighted by Gasteiger charge is 2.62. The average Bonchev–Trinajstić information content (AvgIpc) is 3.02. The number of carbonyl (C=O) groups is 3. The largest absolute Gasteiger partial charge is 0.462 e. The molecule has 0 saturated heterocycles. The lowest BCUT2D eigenvalue weighted by atomic mass is 9.53. The monoisotopic (exact) mass is 390 g/mol. The van der Waals surface area contributed by atoms with Crippen molar-refractivity contribution in [2.24, 2.45) is 23.2 Å². The van der Waals surface area contributed by atoms with E-state index >= 15 is 0 Å². The number of ether oxygens (including phenoxy) is 2. The Bertz CT molecular complexity index is 793. The molecule has 3 rings (SSSR count). The van der Waals surface area contributed by atoms with Gasteiger partial charge in [0, 0.05) is 17.9 Å². The van der Waals surface area contributed by atoms with Gasteiger partial charge in [-0.3, -0.25) is 14.4 Å². The van der Waals surface area contributed by atoms with Gasteiger partial charge in [0.15, 0.2) is 5.76 Å². The van der Waals surface area contributed by atoms with Gasteiger partial charge in [-0.15, -0.1) is 0 Å². The summed E-state index contributed by atoms with van der Waals surface area (Å²) in [7, 11) is 0. The van der Waals surface area contributed by atoms with Crippen molar-refractivity contribution in [3.63, 3.8) is 0 Å². The van der Waals surface area contributed by atoms with Gasteiger partial charge in [0.2, 0.25) is 5.78 Å². The summed E-state index contributed by atoms with van der Waals surface area (Å²) in [5, 5.41) is 0. The minimum Gasteiger partial charge on any atom is -0.462 e. The number of fused-ring (bicyclic) bond motifs is 2. The highest BCUT2D eigenvalue weighted by atomic mass is 16.6. The van der Waals surface area contributed by atoms with E-state index in [0.717, 1.165) is 12.0 Å². The van der Waals surface area contributed by atoms with Gasteiger partial charge in [0.25, 0.3) is 0 Å². The SMILES string of the molecule is CCC(C)C(=O)O[C@@H]1c2c(C)coc2C(=O)[C@@H]2[C@@H](OC(C)=O)CC[C@H](C)[C@@]12C. The molecule has 0 N–H and O–H groups in total. The van der Waals surface area contributed by atoms with Crippen LogP contribution in [0.25, 0.3) is 0 Å². The lowest BCUT2D eigenvalue weighted by Gasteiger charge is -2.53. The fourth-order valence-electron chi connectivity index (χ4n) is 4.82. The number of hydrogen-bond acceptors (Lipinski definition) is 6. The molecule has 0 bridgehead atoms. The first-order valence-electron chi connectivity index (χ1n) is 10.1. The van der Waals surface area contributed by atoms with Crippen molar-refractivity contribution in [3.8, 4) is 0 Å². The molecular formula is C22H30O6. The summed E-state index contributed by atoms with van der Waals surface area (Å²) in [5.41, 5.74) is 0.780. The fraction of sp³-hybridized carbons (Fsp3) is 0.682. The quantitative estimate of drug-likeness (QED) is 0.709. The average molecular weight is 390 g/mol. The first kappa shape index (κ1) is 20.6. The van der Waals surface area contributed by atoms with Crippen molar-refractivity contribution < 1.29 is 28.3 Å². The van der Waals surface area contributed by atoms with Crippen LogP contribution in [0.2, 0.25) is 0 Å². The Morgan fingerprint density at radius 1 is 1.32 bits per heavy atom. The molecule has 0 radical (unpaired) electrons. The van der Waals surface area contributed by atoms with Gasteiger partial charge >= 0.3 is 11.9 Å². The molecule has 2 aliphatic carbocycles. The molecule has 1 unspecified atom stereocenters. The summed E-state index contributed by atoms with van der Waals surface area (Å²) in [4.78, 5) is 37.8. The van der Waals surface area contributed by atoms with Crippen LogP contribution in [0, 0.1) is 30.1 Å². The summed E-state index contributed by atoms with van der Waals surface area (Å²) in [5.74, 6) is -1.37. The number of ketones is 1. The minimum atomic E-state index is -0.680. The van der Waals surface area contributed by atoms with Crippen molar-refractivity contribution in [2.45, 2.75) is 73.0 Å². The Morgan fingerprint density at radius 2 is 2.00 bits per heavy atom. The smallest absolute Gasteiger partial charge is 0.309 e. The number of esters is 2. The van der Waals surface area contributed by atoms with Gasteiger partial charge in [-0.2, -0.15) is 0 Å². The van der Waals surface area contributed by atoms with E-state index in [4.69, 9.17) is 13.9 Å². The molecule has 0 amide bonds. The van der Waals surface area contributed by atoms with Crippen LogP contribution in [0.3, 0.4) is 0 Å². The maximum atomic E-state index is 13.4. The van der Waals surface area contributed by atoms with Crippen LogP contribution in [-0.4, -0.2) is 23.8 Å². The van der Waals surface area contributed by atoms with E-state index in [1.54, 1.807) is 6.26 Å². The predicted molar refractivity (Wildman–Crippen MR) is 102 cm³/mol. The second-order valence-electron chi connectivity index (χ2n) is 8.62. The molecule has 1 aromatic heterocycles. The maximum absolute atomic E-state index is 13.4. The number of furan rings is 1. The molecule has 6 atom stereocenters. The van der Waals surface area contributed by atoms with Crippen molar-refractivity contribution in [2.75, 3.05) is 0 Å². The van der Waals surface area contributed by atoms with Gasteiger partial charge < -0.3 is 13.9 Å². The van der Waals surface area contributed by atoms with Gasteiger partial charge in [0.1, 0.15) is 12.2 Å². The van der Waals surface area contributed by atoms with Crippen LogP contribution >= 0.6 is 0 Å². The zero-order chi connectivity index (χ0) is 20.8. The van der Waals surface area contributed by atoms with E-state index in [2.05, 4.69) is 6.92 Å². The van der Waals surface area contributed by atoms with E-state index in [9.17, 15) is 14.4 Å². The molecule has 6 nitrogen and oxygen atoms in total. The van der Waals surface area contributed by atoms with Gasteiger partial charge in [0.05, 0.1) is 18.1 Å². The number of Topliss-reactive ketones (excluding diaryl/α,β-unsaturated/α-hetero) is 1. The molecule has 154 valence electrons. The zero-order valence-corrected chi connectivity index (χ0v) is 17.5. The van der Waals surface area contributed by atoms with Crippen molar-refractivity contribution in [1.29, 1.82) is 0 Å². The lowest BCUT2D eigenvalue weighted by molar-refractivity contribution is -0.183. The molecule has 1 saturated carbocycles. The van der Waals surface area contributed by atoms with Crippen LogP contribution < -0.4 is 0 Å². The van der Waals surface area contributed by atoms with Crippen molar-refractivity contribution in [1.82, 2.24) is 0 Å². The van der Waals surface area contributed by atoms with Crippen molar-refractivity contribution >= 4 is 17.7 Å². The fourth-order valence-corrected chi connectivity index (χ4v) is 4.82. The lowest BCUT2D eigenvalue weighted by Crippen LogP contribution is -2.56. The minimum absolute atomic E-state index is 0.102. The summed E-state index contributed by atoms with van der Waals surface area (Å²) in [6.07, 6.45) is 2.44. The van der Waals surface area contributed by atoms with Crippen LogP contribution in [0.15, 0.2) is 10.7 Å². The topological polar surface area (TPSA) is 82.8 Å². The Morgan fingerprint density at radius 3 is 2.61 bits per heavy atom. The first-order valence-corrected chi connectivity index (χ1v) is 10.1. The third kappa shape index (κ3) is 3.07. The van der Waals surface area contributed by atoms with E-state index in [-0.39, 0.29) is 29.3 Å². The normalized spacial score (nSPS) is 32.9. The van der Waals surface area contributed by atoms with Crippen LogP contribution in [0.4, 0.5) is 0 Å². The zero-order valence-electron chi connectivity index (χ0n) is 17.5. The molecule has 2 aliphatic rings. The molecule has 1 aromatic rings. The third-order valence-electron chi connectivity index (χ3n) is 6.91. The van der Waals surface area contributed by atoms with Gasteiger partial charge in [-0.05, 0) is 37.7 Å². The molecule has 0 aliphatic heterocycles. The second kappa shape index (κ2) is 7.37. The Balaban J connectivity index is 2.14. The summed E-state index contributed by atoms with van der Waals surface area (Å²) >= 11 is 0. The van der Waals surface area contributed by atoms with E-state index in [1.807, 2.05) is 27.7 Å². The van der Waals surface area contributed by atoms with Crippen LogP contribution in [-0.2, 0) is 19.1 Å². The van der Waals surface area contributed by atoms with Gasteiger partial charge in [-0.25, -0.2) is 0 Å². The molecule has 1 heterocycles. The number of hydrogen-bond donors (Lipinski definition) is 0. The third-order valence-corrected chi connectivity index (χ3v) is 6.91. The highest BCUT2D eigenvalue weighted by molar-refractivity contribution is 6.00. The molecule has 6 heteroatoms. The maximum Gasteiger partial charge on any atom is 0.309 e. The second-order valence-corrected chi connectivity index (χ2v) is 8.62. The van der Waals surface area contributed by atoms with E-state index < -0.39 is 29.5 Å². The van der Waals surface area contributed by atoms with Crippen LogP contribution in [0.5, 0.6) is 0 Å². The molecule has 28 heavy (non-hydrogen) atoms. The Labute approximate surface area is 165 Å². The Hall–Kier alpha value is -2.11. The predicted octanol–water partition coefficient (Wildman–Crippen LogP) is 4.40. The van der Waals surface area contributed by atoms with Crippen LogP contribution in [0.1, 0.15) is 81.7 Å². The van der Waals surface area contributed by atoms with Crippen molar-refractivity contribution in [3.05, 3.63) is 23.2 Å².